The van der Waals surface area contributed by atoms with Crippen LogP contribution in [0.2, 0.25) is 0 Å². The lowest BCUT2D eigenvalue weighted by molar-refractivity contribution is -0.118. The van der Waals surface area contributed by atoms with E-state index in [1.54, 1.807) is 30.6 Å². The normalized spacial score (nSPS) is 11.1. The van der Waals surface area contributed by atoms with Gasteiger partial charge in [-0.3, -0.25) is 19.1 Å². The summed E-state index contributed by atoms with van der Waals surface area (Å²) in [6, 6.07) is 6.69. The maximum Gasteiger partial charge on any atom is 0.251 e. The molecule has 26 heavy (non-hydrogen) atoms. The van der Waals surface area contributed by atoms with E-state index in [-0.39, 0.29) is 24.3 Å². The zero-order valence-corrected chi connectivity index (χ0v) is 16.6. The smallest absolute Gasteiger partial charge is 0.251 e. The highest BCUT2D eigenvalue weighted by Crippen LogP contribution is 2.37. The second-order valence-electron chi connectivity index (χ2n) is 5.60. The van der Waals surface area contributed by atoms with Crippen LogP contribution in [-0.4, -0.2) is 20.3 Å². The number of pyridine rings is 2. The molecule has 0 saturated carbocycles. The van der Waals surface area contributed by atoms with Gasteiger partial charge in [-0.05, 0) is 34.1 Å². The quantitative estimate of drug-likeness (QED) is 0.462. The van der Waals surface area contributed by atoms with Gasteiger partial charge in [0.2, 0.25) is 0 Å². The minimum atomic E-state index is -0.202. The van der Waals surface area contributed by atoms with Gasteiger partial charge in [0.1, 0.15) is 5.01 Å². The Bertz CT molecular complexity index is 1150. The summed E-state index contributed by atoms with van der Waals surface area (Å²) >= 11 is 6.60. The first-order valence-corrected chi connectivity index (χ1v) is 10.3. The lowest BCUT2D eigenvalue weighted by atomic mass is 10.1. The number of ketones is 1. The molecule has 0 radical (unpaired) electrons. The number of nitrogens with zero attached hydrogens (tertiary/aromatic N) is 3. The van der Waals surface area contributed by atoms with Crippen LogP contribution in [0.25, 0.3) is 21.6 Å². The van der Waals surface area contributed by atoms with E-state index in [2.05, 4.69) is 25.9 Å². The van der Waals surface area contributed by atoms with Crippen molar-refractivity contribution in [2.75, 3.05) is 0 Å². The summed E-state index contributed by atoms with van der Waals surface area (Å²) in [5, 5.41) is 4.76. The minimum Gasteiger partial charge on any atom is -0.299 e. The third-order valence-corrected chi connectivity index (χ3v) is 6.62. The summed E-state index contributed by atoms with van der Waals surface area (Å²) in [6.45, 7) is 0.0225. The van der Waals surface area contributed by atoms with Crippen molar-refractivity contribution in [2.24, 2.45) is 0 Å². The first-order valence-electron chi connectivity index (χ1n) is 7.75. The van der Waals surface area contributed by atoms with Crippen molar-refractivity contribution in [2.45, 2.75) is 13.0 Å². The van der Waals surface area contributed by atoms with Crippen molar-refractivity contribution in [3.05, 3.63) is 67.1 Å². The van der Waals surface area contributed by atoms with E-state index in [4.69, 9.17) is 0 Å². The molecular weight excluding hydrogens is 434 g/mol. The van der Waals surface area contributed by atoms with Gasteiger partial charge in [0.05, 0.1) is 17.6 Å². The van der Waals surface area contributed by atoms with E-state index >= 15 is 0 Å². The molecule has 0 fully saturated rings. The number of fused-ring (bicyclic) bond motifs is 1. The van der Waals surface area contributed by atoms with Crippen LogP contribution in [-0.2, 0) is 17.8 Å². The molecule has 4 aromatic rings. The van der Waals surface area contributed by atoms with Crippen molar-refractivity contribution >= 4 is 55.4 Å². The van der Waals surface area contributed by atoms with Crippen LogP contribution in [0.15, 0.2) is 56.7 Å². The maximum absolute atomic E-state index is 12.7. The fraction of sp³-hybridized carbons (Fsp3) is 0.111. The van der Waals surface area contributed by atoms with Crippen molar-refractivity contribution in [3.63, 3.8) is 0 Å². The molecule has 8 heteroatoms. The summed E-state index contributed by atoms with van der Waals surface area (Å²) in [7, 11) is 0. The molecule has 5 nitrogen and oxygen atoms in total. The Balaban J connectivity index is 1.64. The average Bonchev–Trinajstić information content (AvgIpc) is 3.27. The number of halogens is 1. The summed E-state index contributed by atoms with van der Waals surface area (Å²) in [5.41, 5.74) is 2.12. The zero-order valence-electron chi connectivity index (χ0n) is 13.4. The number of Topliss-reactive ketones (excluding diaryl/α,β-unsaturated/α-hetero) is 1. The lowest BCUT2D eigenvalue weighted by Gasteiger charge is -2.09. The summed E-state index contributed by atoms with van der Waals surface area (Å²) in [5.74, 6) is -0.0318. The van der Waals surface area contributed by atoms with Crippen molar-refractivity contribution in [1.82, 2.24) is 14.5 Å². The highest BCUT2D eigenvalue weighted by atomic mass is 79.9. The molecule has 0 spiro atoms. The SMILES string of the molecule is O=C(Cc1scc(Br)c1-c1nccs1)Cn1c(=O)ccc2ncccc21. The van der Waals surface area contributed by atoms with E-state index in [9.17, 15) is 9.59 Å². The number of thiophene rings is 1. The van der Waals surface area contributed by atoms with Crippen LogP contribution in [0.4, 0.5) is 0 Å². The fourth-order valence-electron chi connectivity index (χ4n) is 2.77. The van der Waals surface area contributed by atoms with Gasteiger partial charge in [-0.25, -0.2) is 4.98 Å². The van der Waals surface area contributed by atoms with Crippen molar-refractivity contribution < 1.29 is 4.79 Å². The molecule has 0 amide bonds. The van der Waals surface area contributed by atoms with E-state index in [0.717, 1.165) is 19.9 Å². The number of hydrogen-bond donors (Lipinski definition) is 0. The van der Waals surface area contributed by atoms with E-state index < -0.39 is 0 Å². The zero-order chi connectivity index (χ0) is 18.1. The Morgan fingerprint density at radius 3 is 2.85 bits per heavy atom. The second-order valence-corrected chi connectivity index (χ2v) is 8.31. The number of carbonyl (C=O) groups is 1. The molecule has 0 aliphatic rings. The fourth-order valence-corrected chi connectivity index (χ4v) is 5.46. The summed E-state index contributed by atoms with van der Waals surface area (Å²) in [6.07, 6.45) is 3.68. The molecule has 0 aliphatic carbocycles. The molecule has 0 saturated heterocycles. The number of aromatic nitrogens is 3. The Hall–Kier alpha value is -2.16. The Morgan fingerprint density at radius 1 is 1.15 bits per heavy atom. The number of hydrogen-bond acceptors (Lipinski definition) is 6. The van der Waals surface area contributed by atoms with Crippen LogP contribution < -0.4 is 5.56 Å². The van der Waals surface area contributed by atoms with Crippen LogP contribution >= 0.6 is 38.6 Å². The molecule has 0 aromatic carbocycles. The molecule has 0 N–H and O–H groups in total. The van der Waals surface area contributed by atoms with Gasteiger partial charge < -0.3 is 0 Å². The van der Waals surface area contributed by atoms with Crippen molar-refractivity contribution in [3.8, 4) is 10.6 Å². The Kier molecular flexibility index (Phi) is 4.80. The predicted molar refractivity (Wildman–Crippen MR) is 108 cm³/mol. The van der Waals surface area contributed by atoms with Crippen LogP contribution in [0.5, 0.6) is 0 Å². The highest BCUT2D eigenvalue weighted by molar-refractivity contribution is 9.10. The van der Waals surface area contributed by atoms with Gasteiger partial charge >= 0.3 is 0 Å². The van der Waals surface area contributed by atoms with Crippen molar-refractivity contribution in [1.29, 1.82) is 0 Å². The van der Waals surface area contributed by atoms with Gasteiger partial charge in [0.15, 0.2) is 5.78 Å². The molecule has 0 atom stereocenters. The number of thiazole rings is 1. The third kappa shape index (κ3) is 3.27. The number of carbonyl (C=O) groups excluding carboxylic acids is 1. The van der Waals surface area contributed by atoms with Crippen LogP contribution in [0.1, 0.15) is 4.88 Å². The second kappa shape index (κ2) is 7.22. The number of rotatable bonds is 5. The Morgan fingerprint density at radius 2 is 2.04 bits per heavy atom. The summed E-state index contributed by atoms with van der Waals surface area (Å²) < 4.78 is 2.42. The standard InChI is InChI=1S/C18H12BrN3O2S2/c19-12-10-26-15(17(12)18-21-6-7-25-18)8-11(23)9-22-14-2-1-5-20-13(14)3-4-16(22)24/h1-7,10H,8-9H2. The van der Waals surface area contributed by atoms with Gasteiger partial charge in [-0.1, -0.05) is 0 Å². The first kappa shape index (κ1) is 17.3. The molecule has 0 bridgehead atoms. The van der Waals surface area contributed by atoms with E-state index in [1.165, 1.54) is 33.3 Å². The van der Waals surface area contributed by atoms with Gasteiger partial charge in [0.25, 0.3) is 5.56 Å². The molecule has 4 aromatic heterocycles. The largest absolute Gasteiger partial charge is 0.299 e. The first-order chi connectivity index (χ1) is 12.6. The highest BCUT2D eigenvalue weighted by Gasteiger charge is 2.18. The topological polar surface area (TPSA) is 64.8 Å². The molecule has 0 unspecified atom stereocenters. The Labute approximate surface area is 165 Å². The van der Waals surface area contributed by atoms with Crippen LogP contribution in [0.3, 0.4) is 0 Å². The van der Waals surface area contributed by atoms with Gasteiger partial charge in [0, 0.05) is 50.6 Å². The molecule has 0 aliphatic heterocycles. The maximum atomic E-state index is 12.7. The van der Waals surface area contributed by atoms with E-state index in [1.807, 2.05) is 10.8 Å². The van der Waals surface area contributed by atoms with Crippen LogP contribution in [0, 0.1) is 0 Å². The monoisotopic (exact) mass is 445 g/mol. The minimum absolute atomic E-state index is 0.0225. The molecule has 4 heterocycles. The average molecular weight is 446 g/mol. The third-order valence-electron chi connectivity index (χ3n) is 3.92. The van der Waals surface area contributed by atoms with Gasteiger partial charge in [-0.15, -0.1) is 22.7 Å². The molecular formula is C18H12BrN3O2S2. The van der Waals surface area contributed by atoms with Gasteiger partial charge in [-0.2, -0.15) is 0 Å². The lowest BCUT2D eigenvalue weighted by Crippen LogP contribution is -2.24. The molecule has 130 valence electrons. The summed E-state index contributed by atoms with van der Waals surface area (Å²) in [4.78, 5) is 34.5. The molecule has 4 rings (SSSR count). The predicted octanol–water partition coefficient (Wildman–Crippen LogP) is 4.16. The van der Waals surface area contributed by atoms with E-state index in [0.29, 0.717) is 11.0 Å².